The summed E-state index contributed by atoms with van der Waals surface area (Å²) in [5.74, 6) is 1.60. The molecule has 0 bridgehead atoms. The Kier molecular flexibility index (Phi) is 6.12. The minimum Gasteiger partial charge on any atom is -0.493 e. The van der Waals surface area contributed by atoms with E-state index < -0.39 is 6.10 Å². The fraction of sp³-hybridized carbons (Fsp3) is 0.375. The van der Waals surface area contributed by atoms with Crippen LogP contribution in [0, 0.1) is 0 Å². The third-order valence-electron chi connectivity index (χ3n) is 2.85. The summed E-state index contributed by atoms with van der Waals surface area (Å²) in [4.78, 5) is 0. The minimum absolute atomic E-state index is 0.100. The van der Waals surface area contributed by atoms with Gasteiger partial charge in [0.2, 0.25) is 5.75 Å². The summed E-state index contributed by atoms with van der Waals surface area (Å²) in [6, 6.07) is 3.74. The molecule has 1 atom stereocenters. The summed E-state index contributed by atoms with van der Waals surface area (Å²) in [6.07, 6.45) is 1.79. The zero-order valence-electron chi connectivity index (χ0n) is 12.3. The molecule has 0 heterocycles. The number of aliphatic hydroxyl groups excluding tert-OH is 1. The Balaban J connectivity index is 3.03. The molecule has 0 aromatic heterocycles. The number of methoxy groups -OCH3 is 2. The van der Waals surface area contributed by atoms with Gasteiger partial charge in [0.15, 0.2) is 11.5 Å². The molecule has 0 unspecified atom stereocenters. The number of rotatable bonds is 8. The Morgan fingerprint density at radius 1 is 1.30 bits per heavy atom. The van der Waals surface area contributed by atoms with E-state index in [-0.39, 0.29) is 6.61 Å². The summed E-state index contributed by atoms with van der Waals surface area (Å²) in [6.45, 7) is 9.25. The van der Waals surface area contributed by atoms with E-state index in [0.717, 1.165) is 5.56 Å². The van der Waals surface area contributed by atoms with Crippen LogP contribution < -0.4 is 14.2 Å². The highest BCUT2D eigenvalue weighted by Crippen LogP contribution is 2.38. The quantitative estimate of drug-likeness (QED) is 0.743. The van der Waals surface area contributed by atoms with Gasteiger partial charge in [-0.05, 0) is 36.6 Å². The molecule has 20 heavy (non-hydrogen) atoms. The Morgan fingerprint density at radius 2 is 1.85 bits per heavy atom. The molecule has 1 N–H and O–H groups in total. The lowest BCUT2D eigenvalue weighted by Crippen LogP contribution is -2.18. The summed E-state index contributed by atoms with van der Waals surface area (Å²) < 4.78 is 16.3. The average molecular weight is 278 g/mol. The highest BCUT2D eigenvalue weighted by Gasteiger charge is 2.16. The predicted octanol–water partition coefficient (Wildman–Crippen LogP) is 2.75. The smallest absolute Gasteiger partial charge is 0.203 e. The largest absolute Gasteiger partial charge is 0.493 e. The molecule has 0 fully saturated rings. The van der Waals surface area contributed by atoms with Crippen molar-refractivity contribution in [1.82, 2.24) is 0 Å². The van der Waals surface area contributed by atoms with E-state index >= 15 is 0 Å². The van der Waals surface area contributed by atoms with Crippen LogP contribution in [0.2, 0.25) is 0 Å². The lowest BCUT2D eigenvalue weighted by molar-refractivity contribution is 0.131. The van der Waals surface area contributed by atoms with Crippen LogP contribution in [-0.2, 0) is 6.42 Å². The van der Waals surface area contributed by atoms with Gasteiger partial charge in [0.25, 0.3) is 0 Å². The Morgan fingerprint density at radius 3 is 2.25 bits per heavy atom. The van der Waals surface area contributed by atoms with Crippen molar-refractivity contribution in [2.75, 3.05) is 20.8 Å². The summed E-state index contributed by atoms with van der Waals surface area (Å²) in [5.41, 5.74) is 1.66. The fourth-order valence-electron chi connectivity index (χ4n) is 1.67. The van der Waals surface area contributed by atoms with E-state index in [1.54, 1.807) is 27.2 Å². The summed E-state index contributed by atoms with van der Waals surface area (Å²) >= 11 is 0. The first-order valence-corrected chi connectivity index (χ1v) is 6.35. The first-order valence-electron chi connectivity index (χ1n) is 6.35. The van der Waals surface area contributed by atoms with E-state index in [2.05, 4.69) is 13.2 Å². The molecule has 0 aliphatic carbocycles. The van der Waals surface area contributed by atoms with Crippen LogP contribution in [0.25, 0.3) is 0 Å². The van der Waals surface area contributed by atoms with Crippen LogP contribution in [0.1, 0.15) is 12.5 Å². The maximum absolute atomic E-state index is 9.73. The van der Waals surface area contributed by atoms with Crippen molar-refractivity contribution in [3.63, 3.8) is 0 Å². The van der Waals surface area contributed by atoms with E-state index in [0.29, 0.717) is 29.2 Å². The molecular formula is C16H22O4. The highest BCUT2D eigenvalue weighted by molar-refractivity contribution is 5.54. The number of hydrogen-bond donors (Lipinski definition) is 1. The molecule has 0 aliphatic heterocycles. The second-order valence-corrected chi connectivity index (χ2v) is 4.50. The van der Waals surface area contributed by atoms with Gasteiger partial charge in [0.1, 0.15) is 12.7 Å². The molecule has 4 heteroatoms. The van der Waals surface area contributed by atoms with Crippen LogP contribution in [-0.4, -0.2) is 32.0 Å². The molecule has 0 saturated heterocycles. The minimum atomic E-state index is -0.725. The molecule has 110 valence electrons. The molecule has 1 aromatic carbocycles. The molecule has 4 nitrogen and oxygen atoms in total. The number of allylic oxidation sites excluding steroid dienone is 1. The molecular weight excluding hydrogens is 256 g/mol. The molecule has 1 aromatic rings. The monoisotopic (exact) mass is 278 g/mol. The van der Waals surface area contributed by atoms with Gasteiger partial charge in [-0.3, -0.25) is 0 Å². The molecule has 0 radical (unpaired) electrons. The number of benzene rings is 1. The Hall–Kier alpha value is -1.94. The second-order valence-electron chi connectivity index (χ2n) is 4.50. The maximum Gasteiger partial charge on any atom is 0.203 e. The second kappa shape index (κ2) is 7.60. The van der Waals surface area contributed by atoms with Crippen molar-refractivity contribution < 1.29 is 19.3 Å². The van der Waals surface area contributed by atoms with Crippen molar-refractivity contribution in [3.05, 3.63) is 42.5 Å². The molecule has 0 saturated carbocycles. The summed E-state index contributed by atoms with van der Waals surface area (Å²) in [5, 5.41) is 9.73. The van der Waals surface area contributed by atoms with Crippen molar-refractivity contribution in [2.45, 2.75) is 19.4 Å². The van der Waals surface area contributed by atoms with Gasteiger partial charge in [0.05, 0.1) is 14.2 Å². The van der Waals surface area contributed by atoms with Crippen LogP contribution in [0.3, 0.4) is 0 Å². The Labute approximate surface area is 120 Å². The number of aliphatic hydroxyl groups is 1. The molecule has 0 amide bonds. The third kappa shape index (κ3) is 4.03. The average Bonchev–Trinajstić information content (AvgIpc) is 2.44. The zero-order chi connectivity index (χ0) is 15.1. The first-order chi connectivity index (χ1) is 9.53. The molecule has 1 rings (SSSR count). The molecule has 0 spiro atoms. The van der Waals surface area contributed by atoms with Gasteiger partial charge in [-0.1, -0.05) is 12.7 Å². The van der Waals surface area contributed by atoms with E-state index in [1.165, 1.54) is 0 Å². The van der Waals surface area contributed by atoms with Gasteiger partial charge in [-0.25, -0.2) is 0 Å². The van der Waals surface area contributed by atoms with Crippen LogP contribution in [0.4, 0.5) is 0 Å². The number of hydrogen-bond acceptors (Lipinski definition) is 4. The SMILES string of the molecule is C=CCc1cc(OC)c(OC[C@H](O)C(=C)C)c(OC)c1. The predicted molar refractivity (Wildman–Crippen MR) is 79.8 cm³/mol. The first kappa shape index (κ1) is 16.1. The zero-order valence-corrected chi connectivity index (χ0v) is 12.3. The van der Waals surface area contributed by atoms with E-state index in [4.69, 9.17) is 14.2 Å². The van der Waals surface area contributed by atoms with Gasteiger partial charge >= 0.3 is 0 Å². The lowest BCUT2D eigenvalue weighted by Gasteiger charge is -2.18. The van der Waals surface area contributed by atoms with Crippen LogP contribution >= 0.6 is 0 Å². The highest BCUT2D eigenvalue weighted by atomic mass is 16.5. The van der Waals surface area contributed by atoms with Gasteiger partial charge in [-0.2, -0.15) is 0 Å². The lowest BCUT2D eigenvalue weighted by atomic mass is 10.1. The normalized spacial score (nSPS) is 11.6. The van der Waals surface area contributed by atoms with E-state index in [9.17, 15) is 5.11 Å². The van der Waals surface area contributed by atoms with E-state index in [1.807, 2.05) is 12.1 Å². The van der Waals surface area contributed by atoms with Crippen LogP contribution in [0.5, 0.6) is 17.2 Å². The van der Waals surface area contributed by atoms with Gasteiger partial charge < -0.3 is 19.3 Å². The Bertz CT molecular complexity index is 454. The van der Waals surface area contributed by atoms with Crippen molar-refractivity contribution >= 4 is 0 Å². The van der Waals surface area contributed by atoms with Gasteiger partial charge in [-0.15, -0.1) is 6.58 Å². The van der Waals surface area contributed by atoms with Crippen molar-refractivity contribution in [3.8, 4) is 17.2 Å². The van der Waals surface area contributed by atoms with Crippen LogP contribution in [0.15, 0.2) is 36.9 Å². The van der Waals surface area contributed by atoms with Crippen molar-refractivity contribution in [1.29, 1.82) is 0 Å². The third-order valence-corrected chi connectivity index (χ3v) is 2.85. The summed E-state index contributed by atoms with van der Waals surface area (Å²) in [7, 11) is 3.13. The maximum atomic E-state index is 9.73. The standard InChI is InChI=1S/C16H22O4/c1-6-7-12-8-14(18-4)16(15(9-12)19-5)20-10-13(17)11(2)3/h6,8-9,13,17H,1-2,7,10H2,3-5H3/t13-/m0/s1. The fourth-order valence-corrected chi connectivity index (χ4v) is 1.67. The van der Waals surface area contributed by atoms with Crippen molar-refractivity contribution in [2.24, 2.45) is 0 Å². The molecule has 0 aliphatic rings. The topological polar surface area (TPSA) is 47.9 Å². The van der Waals surface area contributed by atoms with Gasteiger partial charge in [0, 0.05) is 0 Å². The number of ether oxygens (including phenoxy) is 3.